The lowest BCUT2D eigenvalue weighted by Crippen LogP contribution is -2.31. The fourth-order valence-electron chi connectivity index (χ4n) is 1.58. The van der Waals surface area contributed by atoms with Crippen molar-refractivity contribution in [2.75, 3.05) is 39.1 Å². The van der Waals surface area contributed by atoms with Crippen molar-refractivity contribution in [3.63, 3.8) is 0 Å². The second-order valence-electron chi connectivity index (χ2n) is 4.26. The van der Waals surface area contributed by atoms with E-state index in [0.717, 1.165) is 11.4 Å². The first-order valence-corrected chi connectivity index (χ1v) is 5.91. The van der Waals surface area contributed by atoms with E-state index in [1.165, 1.54) is 0 Å². The van der Waals surface area contributed by atoms with Crippen molar-refractivity contribution in [2.45, 2.75) is 13.0 Å². The second kappa shape index (κ2) is 7.14. The Balaban J connectivity index is 2.43. The van der Waals surface area contributed by atoms with Crippen LogP contribution in [-0.4, -0.2) is 49.9 Å². The largest absolute Gasteiger partial charge is 0.494 e. The number of aliphatic hydroxyl groups is 1. The molecule has 0 aromatic heterocycles. The van der Waals surface area contributed by atoms with Crippen molar-refractivity contribution in [2.24, 2.45) is 0 Å². The molecule has 0 fully saturated rings. The zero-order chi connectivity index (χ0) is 12.7. The number of nitrogens with zero attached hydrogens (tertiary/aromatic N) is 1. The van der Waals surface area contributed by atoms with E-state index < -0.39 is 0 Å². The van der Waals surface area contributed by atoms with E-state index in [0.29, 0.717) is 19.7 Å². The van der Waals surface area contributed by atoms with Gasteiger partial charge in [0.1, 0.15) is 5.75 Å². The van der Waals surface area contributed by atoms with E-state index in [1.54, 1.807) is 0 Å². The highest BCUT2D eigenvalue weighted by Crippen LogP contribution is 2.17. The van der Waals surface area contributed by atoms with Gasteiger partial charge in [0.05, 0.1) is 12.7 Å². The van der Waals surface area contributed by atoms with Crippen molar-refractivity contribution in [1.29, 1.82) is 0 Å². The molecule has 4 nitrogen and oxygen atoms in total. The maximum absolute atomic E-state index is 9.72. The van der Waals surface area contributed by atoms with Crippen molar-refractivity contribution >= 4 is 5.69 Å². The van der Waals surface area contributed by atoms with Crippen molar-refractivity contribution in [3.8, 4) is 5.75 Å². The highest BCUT2D eigenvalue weighted by Gasteiger charge is 2.05. The Kier molecular flexibility index (Phi) is 5.80. The first-order chi connectivity index (χ1) is 8.11. The normalized spacial score (nSPS) is 12.5. The second-order valence-corrected chi connectivity index (χ2v) is 4.26. The summed E-state index contributed by atoms with van der Waals surface area (Å²) in [4.78, 5) is 1.96. The summed E-state index contributed by atoms with van der Waals surface area (Å²) in [6, 6.07) is 7.76. The Morgan fingerprint density at radius 1 is 1.41 bits per heavy atom. The monoisotopic (exact) mass is 238 g/mol. The number of ether oxygens (including phenoxy) is 1. The molecule has 0 heterocycles. The van der Waals surface area contributed by atoms with Crippen LogP contribution in [0.15, 0.2) is 24.3 Å². The molecule has 0 aliphatic carbocycles. The van der Waals surface area contributed by atoms with Gasteiger partial charge in [-0.3, -0.25) is 0 Å². The SMILES string of the molecule is CCOc1cccc(NCC(O)CN(C)C)c1. The lowest BCUT2D eigenvalue weighted by Gasteiger charge is -2.17. The summed E-state index contributed by atoms with van der Waals surface area (Å²) < 4.78 is 5.41. The fourth-order valence-corrected chi connectivity index (χ4v) is 1.58. The summed E-state index contributed by atoms with van der Waals surface area (Å²) >= 11 is 0. The minimum Gasteiger partial charge on any atom is -0.494 e. The topological polar surface area (TPSA) is 44.7 Å². The van der Waals surface area contributed by atoms with E-state index >= 15 is 0 Å². The standard InChI is InChI=1S/C13H22N2O2/c1-4-17-13-7-5-6-11(8-13)14-9-12(16)10-15(2)3/h5-8,12,14,16H,4,9-10H2,1-3H3. The average Bonchev–Trinajstić information content (AvgIpc) is 2.26. The van der Waals surface area contributed by atoms with Crippen LogP contribution in [0, 0.1) is 0 Å². The third kappa shape index (κ3) is 5.56. The van der Waals surface area contributed by atoms with E-state index in [-0.39, 0.29) is 6.10 Å². The average molecular weight is 238 g/mol. The molecule has 4 heteroatoms. The quantitative estimate of drug-likeness (QED) is 0.754. The zero-order valence-electron chi connectivity index (χ0n) is 10.8. The van der Waals surface area contributed by atoms with Gasteiger partial charge in [0.15, 0.2) is 0 Å². The van der Waals surface area contributed by atoms with Gasteiger partial charge in [0, 0.05) is 24.8 Å². The highest BCUT2D eigenvalue weighted by molar-refractivity contribution is 5.48. The van der Waals surface area contributed by atoms with Gasteiger partial charge < -0.3 is 20.1 Å². The molecule has 0 aliphatic heterocycles. The minimum absolute atomic E-state index is 0.374. The van der Waals surface area contributed by atoms with Gasteiger partial charge >= 0.3 is 0 Å². The number of hydrogen-bond donors (Lipinski definition) is 2. The lowest BCUT2D eigenvalue weighted by molar-refractivity contribution is 0.148. The van der Waals surface area contributed by atoms with Crippen LogP contribution < -0.4 is 10.1 Å². The smallest absolute Gasteiger partial charge is 0.121 e. The Labute approximate surface area is 103 Å². The molecule has 96 valence electrons. The van der Waals surface area contributed by atoms with Gasteiger partial charge in [-0.15, -0.1) is 0 Å². The van der Waals surface area contributed by atoms with E-state index in [4.69, 9.17) is 4.74 Å². The first kappa shape index (κ1) is 13.8. The summed E-state index contributed by atoms with van der Waals surface area (Å²) in [6.45, 7) is 3.81. The van der Waals surface area contributed by atoms with E-state index in [2.05, 4.69) is 5.32 Å². The predicted octanol–water partition coefficient (Wildman–Crippen LogP) is 1.42. The van der Waals surface area contributed by atoms with Crippen LogP contribution in [0.2, 0.25) is 0 Å². The molecule has 0 saturated carbocycles. The van der Waals surface area contributed by atoms with Crippen LogP contribution in [0.1, 0.15) is 6.92 Å². The number of aliphatic hydroxyl groups excluding tert-OH is 1. The van der Waals surface area contributed by atoms with E-state index in [9.17, 15) is 5.11 Å². The molecule has 2 N–H and O–H groups in total. The molecule has 0 bridgehead atoms. The number of likely N-dealkylation sites (N-methyl/N-ethyl adjacent to an activating group) is 1. The first-order valence-electron chi connectivity index (χ1n) is 5.91. The Bertz CT molecular complexity index is 329. The minimum atomic E-state index is -0.374. The summed E-state index contributed by atoms with van der Waals surface area (Å²) in [7, 11) is 3.89. The Hall–Kier alpha value is -1.26. The summed E-state index contributed by atoms with van der Waals surface area (Å²) in [6.07, 6.45) is -0.374. The molecule has 1 rings (SSSR count). The van der Waals surface area contributed by atoms with Crippen LogP contribution in [0.25, 0.3) is 0 Å². The zero-order valence-corrected chi connectivity index (χ0v) is 10.8. The van der Waals surface area contributed by atoms with Crippen LogP contribution >= 0.6 is 0 Å². The van der Waals surface area contributed by atoms with Crippen LogP contribution in [0.5, 0.6) is 5.75 Å². The van der Waals surface area contributed by atoms with Crippen molar-refractivity contribution in [3.05, 3.63) is 24.3 Å². The molecule has 0 amide bonds. The third-order valence-electron chi connectivity index (χ3n) is 2.26. The summed E-state index contributed by atoms with van der Waals surface area (Å²) in [5, 5.41) is 12.9. The predicted molar refractivity (Wildman–Crippen MR) is 70.7 cm³/mol. The molecule has 1 aromatic rings. The van der Waals surface area contributed by atoms with Gasteiger partial charge in [-0.25, -0.2) is 0 Å². The molecule has 0 radical (unpaired) electrons. The van der Waals surface area contributed by atoms with Crippen molar-refractivity contribution in [1.82, 2.24) is 4.90 Å². The van der Waals surface area contributed by atoms with Gasteiger partial charge in [-0.1, -0.05) is 6.07 Å². The Morgan fingerprint density at radius 2 is 2.18 bits per heavy atom. The van der Waals surface area contributed by atoms with Crippen LogP contribution in [-0.2, 0) is 0 Å². The number of anilines is 1. The number of benzene rings is 1. The van der Waals surface area contributed by atoms with Crippen molar-refractivity contribution < 1.29 is 9.84 Å². The van der Waals surface area contributed by atoms with Crippen LogP contribution in [0.4, 0.5) is 5.69 Å². The van der Waals surface area contributed by atoms with Gasteiger partial charge in [0.2, 0.25) is 0 Å². The lowest BCUT2D eigenvalue weighted by atomic mass is 10.2. The maximum atomic E-state index is 9.72. The number of hydrogen-bond acceptors (Lipinski definition) is 4. The molecular formula is C13H22N2O2. The fraction of sp³-hybridized carbons (Fsp3) is 0.538. The summed E-state index contributed by atoms with van der Waals surface area (Å²) in [5.74, 6) is 0.847. The van der Waals surface area contributed by atoms with E-state index in [1.807, 2.05) is 50.2 Å². The molecule has 0 saturated heterocycles. The molecule has 0 aliphatic rings. The molecule has 1 atom stereocenters. The van der Waals surface area contributed by atoms with Gasteiger partial charge in [-0.2, -0.15) is 0 Å². The molecule has 1 aromatic carbocycles. The number of nitrogens with one attached hydrogen (secondary N) is 1. The Morgan fingerprint density at radius 3 is 2.82 bits per heavy atom. The molecule has 0 spiro atoms. The third-order valence-corrected chi connectivity index (χ3v) is 2.26. The molecular weight excluding hydrogens is 216 g/mol. The van der Waals surface area contributed by atoms with Gasteiger partial charge in [-0.05, 0) is 33.2 Å². The number of rotatable bonds is 7. The van der Waals surface area contributed by atoms with Gasteiger partial charge in [0.25, 0.3) is 0 Å². The highest BCUT2D eigenvalue weighted by atomic mass is 16.5. The molecule has 1 unspecified atom stereocenters. The maximum Gasteiger partial charge on any atom is 0.121 e. The summed E-state index contributed by atoms with van der Waals surface area (Å²) in [5.41, 5.74) is 0.966. The molecule has 17 heavy (non-hydrogen) atoms. The van der Waals surface area contributed by atoms with Crippen LogP contribution in [0.3, 0.4) is 0 Å².